The van der Waals surface area contributed by atoms with Gasteiger partial charge in [0.15, 0.2) is 0 Å². The summed E-state index contributed by atoms with van der Waals surface area (Å²) < 4.78 is 0. The topological polar surface area (TPSA) is 32.3 Å². The number of amides is 1. The van der Waals surface area contributed by atoms with Crippen LogP contribution in [0, 0.1) is 11.8 Å². The first-order valence-electron chi connectivity index (χ1n) is 7.09. The van der Waals surface area contributed by atoms with Crippen molar-refractivity contribution in [3.8, 4) is 0 Å². The molecule has 0 aromatic rings. The van der Waals surface area contributed by atoms with Crippen molar-refractivity contribution >= 4 is 5.91 Å². The number of hydrogen-bond acceptors (Lipinski definition) is 2. The summed E-state index contributed by atoms with van der Waals surface area (Å²) in [6, 6.07) is 0.590. The molecule has 1 rings (SSSR count). The predicted octanol–water partition coefficient (Wildman–Crippen LogP) is 2.27. The lowest BCUT2D eigenvalue weighted by Gasteiger charge is -2.37. The number of carbonyl (C=O) groups excluding carboxylic acids is 1. The van der Waals surface area contributed by atoms with Crippen LogP contribution in [0.25, 0.3) is 0 Å². The molecule has 0 aliphatic carbocycles. The van der Waals surface area contributed by atoms with E-state index in [-0.39, 0.29) is 0 Å². The Labute approximate surface area is 106 Å². The van der Waals surface area contributed by atoms with Gasteiger partial charge in [-0.2, -0.15) is 0 Å². The smallest absolute Gasteiger partial charge is 0.222 e. The minimum Gasteiger partial charge on any atom is -0.342 e. The van der Waals surface area contributed by atoms with Crippen LogP contribution in [-0.2, 0) is 4.79 Å². The summed E-state index contributed by atoms with van der Waals surface area (Å²) in [6.07, 6.45) is 2.91. The summed E-state index contributed by atoms with van der Waals surface area (Å²) in [5.74, 6) is 1.44. The lowest BCUT2D eigenvalue weighted by Crippen LogP contribution is -2.50. The van der Waals surface area contributed by atoms with Crippen molar-refractivity contribution in [2.45, 2.75) is 53.0 Å². The Morgan fingerprint density at radius 2 is 2.18 bits per heavy atom. The third-order valence-electron chi connectivity index (χ3n) is 3.94. The Hall–Kier alpha value is -0.570. The van der Waals surface area contributed by atoms with E-state index in [0.29, 0.717) is 23.8 Å². The van der Waals surface area contributed by atoms with Crippen LogP contribution >= 0.6 is 0 Å². The number of nitrogens with zero attached hydrogens (tertiary/aromatic N) is 1. The van der Waals surface area contributed by atoms with Crippen LogP contribution in [0.15, 0.2) is 0 Å². The maximum Gasteiger partial charge on any atom is 0.222 e. The standard InChI is InChI=1S/C14H28N2O/c1-5-11(3)9-14(17)16-8-7-13(15-6-2)12(4)10-16/h11-13,15H,5-10H2,1-4H3. The monoisotopic (exact) mass is 240 g/mol. The van der Waals surface area contributed by atoms with Gasteiger partial charge in [-0.3, -0.25) is 4.79 Å². The van der Waals surface area contributed by atoms with Gasteiger partial charge in [-0.05, 0) is 24.8 Å². The maximum atomic E-state index is 12.1. The zero-order valence-electron chi connectivity index (χ0n) is 11.8. The SMILES string of the molecule is CCNC1CCN(C(=O)CC(C)CC)CC1C. The second kappa shape index (κ2) is 7.00. The molecule has 0 saturated carbocycles. The van der Waals surface area contributed by atoms with E-state index in [4.69, 9.17) is 0 Å². The Kier molecular flexibility index (Phi) is 5.96. The minimum absolute atomic E-state index is 0.348. The molecule has 1 N–H and O–H groups in total. The number of rotatable bonds is 5. The second-order valence-electron chi connectivity index (χ2n) is 5.49. The van der Waals surface area contributed by atoms with Gasteiger partial charge in [0.25, 0.3) is 0 Å². The molecule has 3 atom stereocenters. The van der Waals surface area contributed by atoms with Gasteiger partial charge in [0.05, 0.1) is 0 Å². The quantitative estimate of drug-likeness (QED) is 0.799. The van der Waals surface area contributed by atoms with Crippen LogP contribution in [0.1, 0.15) is 47.0 Å². The summed E-state index contributed by atoms with van der Waals surface area (Å²) in [4.78, 5) is 14.1. The highest BCUT2D eigenvalue weighted by atomic mass is 16.2. The van der Waals surface area contributed by atoms with Gasteiger partial charge >= 0.3 is 0 Å². The average molecular weight is 240 g/mol. The third-order valence-corrected chi connectivity index (χ3v) is 3.94. The molecule has 0 radical (unpaired) electrons. The molecule has 3 nitrogen and oxygen atoms in total. The molecule has 1 aliphatic heterocycles. The van der Waals surface area contributed by atoms with Crippen LogP contribution in [0.5, 0.6) is 0 Å². The molecular formula is C14H28N2O. The number of hydrogen-bond donors (Lipinski definition) is 1. The van der Waals surface area contributed by atoms with E-state index in [1.807, 2.05) is 0 Å². The van der Waals surface area contributed by atoms with Crippen LogP contribution in [0.3, 0.4) is 0 Å². The van der Waals surface area contributed by atoms with Crippen LogP contribution in [-0.4, -0.2) is 36.5 Å². The lowest BCUT2D eigenvalue weighted by atomic mass is 9.93. The minimum atomic E-state index is 0.348. The van der Waals surface area contributed by atoms with Crippen molar-refractivity contribution in [2.75, 3.05) is 19.6 Å². The largest absolute Gasteiger partial charge is 0.342 e. The Morgan fingerprint density at radius 1 is 1.47 bits per heavy atom. The molecule has 100 valence electrons. The highest BCUT2D eigenvalue weighted by Crippen LogP contribution is 2.19. The Balaban J connectivity index is 2.40. The van der Waals surface area contributed by atoms with E-state index in [9.17, 15) is 4.79 Å². The number of nitrogens with one attached hydrogen (secondary N) is 1. The highest BCUT2D eigenvalue weighted by molar-refractivity contribution is 5.76. The Bertz CT molecular complexity index is 242. The maximum absolute atomic E-state index is 12.1. The summed E-state index contributed by atoms with van der Waals surface area (Å²) >= 11 is 0. The number of piperidine rings is 1. The van der Waals surface area contributed by atoms with E-state index in [1.54, 1.807) is 0 Å². The first kappa shape index (κ1) is 14.5. The van der Waals surface area contributed by atoms with Gasteiger partial charge < -0.3 is 10.2 Å². The van der Waals surface area contributed by atoms with Crippen molar-refractivity contribution < 1.29 is 4.79 Å². The van der Waals surface area contributed by atoms with Gasteiger partial charge in [0.2, 0.25) is 5.91 Å². The van der Waals surface area contributed by atoms with Crippen molar-refractivity contribution in [3.63, 3.8) is 0 Å². The molecule has 17 heavy (non-hydrogen) atoms. The molecule has 0 aromatic heterocycles. The fourth-order valence-corrected chi connectivity index (χ4v) is 2.51. The van der Waals surface area contributed by atoms with Crippen molar-refractivity contribution in [1.82, 2.24) is 10.2 Å². The van der Waals surface area contributed by atoms with Gasteiger partial charge in [-0.1, -0.05) is 34.1 Å². The average Bonchev–Trinajstić information content (AvgIpc) is 2.31. The molecule has 1 saturated heterocycles. The lowest BCUT2D eigenvalue weighted by molar-refractivity contribution is -0.134. The molecule has 1 fully saturated rings. The van der Waals surface area contributed by atoms with E-state index < -0.39 is 0 Å². The van der Waals surface area contributed by atoms with Crippen LogP contribution in [0.4, 0.5) is 0 Å². The predicted molar refractivity (Wildman–Crippen MR) is 71.9 cm³/mol. The molecule has 0 bridgehead atoms. The summed E-state index contributed by atoms with van der Waals surface area (Å²) in [6.45, 7) is 11.6. The molecule has 0 spiro atoms. The number of carbonyl (C=O) groups is 1. The number of likely N-dealkylation sites (tertiary alicyclic amines) is 1. The van der Waals surface area contributed by atoms with Gasteiger partial charge in [0, 0.05) is 25.6 Å². The fraction of sp³-hybridized carbons (Fsp3) is 0.929. The molecule has 1 amide bonds. The molecule has 3 unspecified atom stereocenters. The molecule has 1 heterocycles. The second-order valence-corrected chi connectivity index (χ2v) is 5.49. The molecule has 1 aliphatic rings. The van der Waals surface area contributed by atoms with Gasteiger partial charge in [-0.25, -0.2) is 0 Å². The van der Waals surface area contributed by atoms with E-state index in [1.165, 1.54) is 0 Å². The van der Waals surface area contributed by atoms with Crippen LogP contribution in [0.2, 0.25) is 0 Å². The van der Waals surface area contributed by atoms with Crippen molar-refractivity contribution in [1.29, 1.82) is 0 Å². The van der Waals surface area contributed by atoms with E-state index in [0.717, 1.165) is 38.9 Å². The van der Waals surface area contributed by atoms with Crippen LogP contribution < -0.4 is 5.32 Å². The first-order chi connectivity index (χ1) is 8.08. The Morgan fingerprint density at radius 3 is 2.71 bits per heavy atom. The summed E-state index contributed by atoms with van der Waals surface area (Å²) in [5.41, 5.74) is 0. The van der Waals surface area contributed by atoms with Crippen molar-refractivity contribution in [3.05, 3.63) is 0 Å². The van der Waals surface area contributed by atoms with E-state index in [2.05, 4.69) is 37.9 Å². The normalized spacial score (nSPS) is 26.9. The molecular weight excluding hydrogens is 212 g/mol. The summed E-state index contributed by atoms with van der Waals surface area (Å²) in [5, 5.41) is 3.51. The van der Waals surface area contributed by atoms with Crippen molar-refractivity contribution in [2.24, 2.45) is 11.8 Å². The highest BCUT2D eigenvalue weighted by Gasteiger charge is 2.28. The van der Waals surface area contributed by atoms with Gasteiger partial charge in [-0.15, -0.1) is 0 Å². The molecule has 0 aromatic carbocycles. The third kappa shape index (κ3) is 4.30. The fourth-order valence-electron chi connectivity index (χ4n) is 2.51. The summed E-state index contributed by atoms with van der Waals surface area (Å²) in [7, 11) is 0. The first-order valence-corrected chi connectivity index (χ1v) is 7.09. The zero-order valence-corrected chi connectivity index (χ0v) is 11.8. The van der Waals surface area contributed by atoms with Gasteiger partial charge in [0.1, 0.15) is 0 Å². The van der Waals surface area contributed by atoms with E-state index >= 15 is 0 Å². The molecule has 3 heteroatoms. The zero-order chi connectivity index (χ0) is 12.8.